The van der Waals surface area contributed by atoms with E-state index < -0.39 is 23.9 Å². The van der Waals surface area contributed by atoms with Crippen molar-refractivity contribution < 1.29 is 23.5 Å². The van der Waals surface area contributed by atoms with Gasteiger partial charge >= 0.3 is 0 Å². The first-order valence-electron chi connectivity index (χ1n) is 15.1. The molecule has 0 saturated carbocycles. The van der Waals surface area contributed by atoms with Gasteiger partial charge in [0.15, 0.2) is 12.0 Å². The maximum absolute atomic E-state index is 15.1. The number of amides is 2. The predicted octanol–water partition coefficient (Wildman–Crippen LogP) is 4.40. The summed E-state index contributed by atoms with van der Waals surface area (Å²) in [7, 11) is 0. The third-order valence-electron chi connectivity index (χ3n) is 8.29. The molecule has 0 unspecified atom stereocenters. The molecule has 4 heterocycles. The zero-order valence-electron chi connectivity index (χ0n) is 24.8. The second-order valence-electron chi connectivity index (χ2n) is 11.6. The molecule has 2 amide bonds. The molecular weight excluding hydrogens is 587 g/mol. The Labute approximate surface area is 264 Å². The number of pyridine rings is 1. The van der Waals surface area contributed by atoms with E-state index in [0.717, 1.165) is 16.8 Å². The molecule has 10 heteroatoms. The Morgan fingerprint density at radius 2 is 1.65 bits per heavy atom. The van der Waals surface area contributed by atoms with E-state index in [-0.39, 0.29) is 23.5 Å². The highest BCUT2D eigenvalue weighted by molar-refractivity contribution is 5.96. The Morgan fingerprint density at radius 3 is 2.52 bits per heavy atom. The van der Waals surface area contributed by atoms with Gasteiger partial charge in [0.05, 0.1) is 11.6 Å². The number of ether oxygens (including phenoxy) is 2. The fourth-order valence-corrected chi connectivity index (χ4v) is 5.97. The predicted molar refractivity (Wildman–Crippen MR) is 171 cm³/mol. The summed E-state index contributed by atoms with van der Waals surface area (Å²) < 4.78 is 27.2. The van der Waals surface area contributed by atoms with Crippen molar-refractivity contribution in [3.8, 4) is 22.6 Å². The molecule has 1 aromatic heterocycles. The van der Waals surface area contributed by atoms with Crippen molar-refractivity contribution in [1.82, 2.24) is 20.5 Å². The number of carbonyl (C=O) groups excluding carboxylic acids is 2. The monoisotopic (exact) mass is 618 g/mol. The van der Waals surface area contributed by atoms with E-state index in [2.05, 4.69) is 20.5 Å². The second-order valence-corrected chi connectivity index (χ2v) is 11.6. The van der Waals surface area contributed by atoms with Crippen LogP contribution in [0.4, 0.5) is 4.39 Å². The topological polar surface area (TPSA) is 113 Å². The molecule has 9 nitrogen and oxygen atoms in total. The van der Waals surface area contributed by atoms with Gasteiger partial charge < -0.3 is 25.1 Å². The Kier molecular flexibility index (Phi) is 7.94. The summed E-state index contributed by atoms with van der Waals surface area (Å²) in [6, 6.07) is 27.3. The first-order valence-corrected chi connectivity index (χ1v) is 15.1. The number of fused-ring (bicyclic) bond motifs is 8. The van der Waals surface area contributed by atoms with Crippen molar-refractivity contribution in [2.45, 2.75) is 25.2 Å². The number of H-pyrrole nitrogens is 1. The molecule has 5 aromatic rings. The number of aromatic amines is 1. The summed E-state index contributed by atoms with van der Waals surface area (Å²) in [5.41, 5.74) is 3.53. The lowest BCUT2D eigenvalue weighted by Crippen LogP contribution is -2.45. The van der Waals surface area contributed by atoms with E-state index in [1.54, 1.807) is 36.4 Å². The van der Waals surface area contributed by atoms with Crippen LogP contribution in [-0.2, 0) is 17.9 Å². The third kappa shape index (κ3) is 6.33. The van der Waals surface area contributed by atoms with E-state index in [4.69, 9.17) is 9.47 Å². The third-order valence-corrected chi connectivity index (χ3v) is 8.29. The first-order chi connectivity index (χ1) is 22.4. The first kappa shape index (κ1) is 29.2. The molecular formula is C36H31FN4O5. The van der Waals surface area contributed by atoms with Crippen molar-refractivity contribution >= 4 is 22.7 Å². The van der Waals surface area contributed by atoms with Crippen LogP contribution in [0.15, 0.2) is 102 Å². The molecule has 0 radical (unpaired) electrons. The number of benzene rings is 4. The van der Waals surface area contributed by atoms with Crippen LogP contribution >= 0.6 is 0 Å². The van der Waals surface area contributed by atoms with Crippen LogP contribution in [-0.4, -0.2) is 53.5 Å². The highest BCUT2D eigenvalue weighted by Gasteiger charge is 2.36. The van der Waals surface area contributed by atoms with Gasteiger partial charge in [-0.1, -0.05) is 42.5 Å². The zero-order chi connectivity index (χ0) is 31.6. The summed E-state index contributed by atoms with van der Waals surface area (Å²) in [5.74, 6) is -0.426. The number of rotatable bonds is 2. The van der Waals surface area contributed by atoms with Crippen LogP contribution in [0.1, 0.15) is 21.6 Å². The van der Waals surface area contributed by atoms with Gasteiger partial charge in [-0.3, -0.25) is 19.3 Å². The molecule has 0 aliphatic carbocycles. The van der Waals surface area contributed by atoms with E-state index >= 15 is 4.39 Å². The summed E-state index contributed by atoms with van der Waals surface area (Å²) in [6.07, 6.45) is -0.465. The van der Waals surface area contributed by atoms with E-state index in [1.807, 2.05) is 48.5 Å². The molecule has 1 fully saturated rings. The lowest BCUT2D eigenvalue weighted by molar-refractivity contribution is -0.123. The van der Waals surface area contributed by atoms with Crippen LogP contribution in [0.5, 0.6) is 11.5 Å². The van der Waals surface area contributed by atoms with Crippen molar-refractivity contribution in [2.24, 2.45) is 0 Å². The minimum atomic E-state index is -0.649. The van der Waals surface area contributed by atoms with E-state index in [0.29, 0.717) is 54.2 Å². The molecule has 4 aromatic carbocycles. The van der Waals surface area contributed by atoms with Crippen molar-refractivity contribution in [3.63, 3.8) is 0 Å². The molecule has 2 atom stereocenters. The van der Waals surface area contributed by atoms with Crippen LogP contribution in [0.3, 0.4) is 0 Å². The summed E-state index contributed by atoms with van der Waals surface area (Å²) >= 11 is 0. The number of nitrogens with one attached hydrogen (secondary N) is 3. The van der Waals surface area contributed by atoms with E-state index in [1.165, 1.54) is 12.1 Å². The quantitative estimate of drug-likeness (QED) is 0.270. The Balaban J connectivity index is 1.20. The van der Waals surface area contributed by atoms with Crippen molar-refractivity contribution in [1.29, 1.82) is 0 Å². The van der Waals surface area contributed by atoms with Gasteiger partial charge in [-0.15, -0.1) is 0 Å². The highest BCUT2D eigenvalue weighted by atomic mass is 19.1. The highest BCUT2D eigenvalue weighted by Crippen LogP contribution is 2.27. The van der Waals surface area contributed by atoms with E-state index in [9.17, 15) is 14.4 Å². The smallest absolute Gasteiger partial charge is 0.258 e. The lowest BCUT2D eigenvalue weighted by Gasteiger charge is -2.22. The Morgan fingerprint density at radius 1 is 0.826 bits per heavy atom. The Hall–Kier alpha value is -5.48. The fourth-order valence-electron chi connectivity index (χ4n) is 5.97. The molecule has 3 N–H and O–H groups in total. The number of hydrogen-bond donors (Lipinski definition) is 3. The van der Waals surface area contributed by atoms with Crippen LogP contribution in [0.2, 0.25) is 0 Å². The normalized spacial score (nSPS) is 18.6. The lowest BCUT2D eigenvalue weighted by atomic mass is 10.0. The number of nitrogens with zero attached hydrogens (tertiary/aromatic N) is 1. The number of carbonyl (C=O) groups is 2. The van der Waals surface area contributed by atoms with Gasteiger partial charge in [-0.2, -0.15) is 0 Å². The van der Waals surface area contributed by atoms with Gasteiger partial charge in [0.2, 0.25) is 0 Å². The van der Waals surface area contributed by atoms with Gasteiger partial charge in [0, 0.05) is 48.8 Å². The number of hydrogen-bond acceptors (Lipinski definition) is 6. The second kappa shape index (κ2) is 12.5. The maximum Gasteiger partial charge on any atom is 0.258 e. The molecule has 3 aliphatic rings. The largest absolute Gasteiger partial charge is 0.487 e. The number of halogens is 1. The molecule has 0 spiro atoms. The summed E-state index contributed by atoms with van der Waals surface area (Å²) in [6.45, 7) is 1.44. The zero-order valence-corrected chi connectivity index (χ0v) is 24.8. The maximum atomic E-state index is 15.1. The standard InChI is InChI=1S/C36H31FN4O5/c37-30-13-10-24-15-29(30)36(44)40-32-19-41(18-25-16-33(42)28-6-1-2-7-31(28)39-25)20-34(32)46-26-11-8-22(9-12-26)17-38-35(43)21-45-27-5-3-4-23(24)14-27/h1-16,32,34H,17-21H2,(H,38,43)(H,39,42)(H,40,44)/t32-,34-/m0/s1. The molecule has 46 heavy (non-hydrogen) atoms. The van der Waals surface area contributed by atoms with Crippen LogP contribution in [0, 0.1) is 5.82 Å². The molecule has 6 bridgehead atoms. The molecule has 3 aliphatic heterocycles. The van der Waals surface area contributed by atoms with Crippen LogP contribution < -0.4 is 25.5 Å². The SMILES string of the molecule is O=C1COc2cccc(c2)-c2ccc(F)c(c2)C(=O)N[C@H]2CN(Cc3cc(=O)c4ccccc4[nH]3)C[C@@H]2Oc2ccc(cc2)CN1. The molecule has 1 saturated heterocycles. The van der Waals surface area contributed by atoms with Gasteiger partial charge in [-0.05, 0) is 65.2 Å². The average Bonchev–Trinajstić information content (AvgIpc) is 3.42. The number of likely N-dealkylation sites (tertiary alicyclic amines) is 1. The number of para-hydroxylation sites is 1. The van der Waals surface area contributed by atoms with Crippen molar-refractivity contribution in [3.05, 3.63) is 130 Å². The minimum absolute atomic E-state index is 0.0692. The van der Waals surface area contributed by atoms with Crippen molar-refractivity contribution in [2.75, 3.05) is 19.7 Å². The summed E-state index contributed by atoms with van der Waals surface area (Å²) in [4.78, 5) is 44.3. The summed E-state index contributed by atoms with van der Waals surface area (Å²) in [5, 5.41) is 6.50. The molecule has 8 rings (SSSR count). The average molecular weight is 619 g/mol. The fraction of sp³-hybridized carbons (Fsp3) is 0.194. The minimum Gasteiger partial charge on any atom is -0.487 e. The van der Waals surface area contributed by atoms with Crippen LogP contribution in [0.25, 0.3) is 22.0 Å². The van der Waals surface area contributed by atoms with Gasteiger partial charge in [0.1, 0.15) is 23.4 Å². The van der Waals surface area contributed by atoms with Gasteiger partial charge in [0.25, 0.3) is 11.8 Å². The Bertz CT molecular complexity index is 1990. The number of aromatic nitrogens is 1. The molecule has 232 valence electrons. The van der Waals surface area contributed by atoms with Gasteiger partial charge in [-0.25, -0.2) is 4.39 Å².